The molecule has 2 N–H and O–H groups in total. The van der Waals surface area contributed by atoms with Crippen molar-refractivity contribution in [2.75, 3.05) is 0 Å². The maximum Gasteiger partial charge on any atom is 0.315 e. The Morgan fingerprint density at radius 3 is 2.28 bits per heavy atom. The van der Waals surface area contributed by atoms with Gasteiger partial charge in [0.2, 0.25) is 0 Å². The molecule has 0 radical (unpaired) electrons. The van der Waals surface area contributed by atoms with Crippen LogP contribution in [-0.4, -0.2) is 12.1 Å². The van der Waals surface area contributed by atoms with E-state index in [1.165, 1.54) is 0 Å². The molecule has 0 aliphatic carbocycles. The van der Waals surface area contributed by atoms with E-state index in [-0.39, 0.29) is 18.1 Å². The Balaban J connectivity index is 2.58. The lowest BCUT2D eigenvalue weighted by Gasteiger charge is -2.21. The highest BCUT2D eigenvalue weighted by atomic mass is 79.9. The van der Waals surface area contributed by atoms with Gasteiger partial charge < -0.3 is 10.6 Å². The van der Waals surface area contributed by atoms with E-state index in [1.54, 1.807) is 0 Å². The van der Waals surface area contributed by atoms with E-state index in [0.29, 0.717) is 5.92 Å². The van der Waals surface area contributed by atoms with Gasteiger partial charge in [-0.2, -0.15) is 0 Å². The second-order valence-electron chi connectivity index (χ2n) is 4.89. The van der Waals surface area contributed by atoms with Gasteiger partial charge in [0.25, 0.3) is 0 Å². The zero-order chi connectivity index (χ0) is 13.7. The Labute approximate surface area is 117 Å². The van der Waals surface area contributed by atoms with Gasteiger partial charge in [0.15, 0.2) is 0 Å². The third-order valence-corrected chi connectivity index (χ3v) is 3.80. The van der Waals surface area contributed by atoms with Crippen LogP contribution in [0.1, 0.15) is 39.3 Å². The molecule has 2 amide bonds. The first-order valence-electron chi connectivity index (χ1n) is 6.23. The normalized spacial score (nSPS) is 14.1. The van der Waals surface area contributed by atoms with Crippen LogP contribution in [0, 0.1) is 5.92 Å². The van der Waals surface area contributed by atoms with Crippen molar-refractivity contribution in [1.82, 2.24) is 10.6 Å². The van der Waals surface area contributed by atoms with Crippen LogP contribution in [0.2, 0.25) is 0 Å². The lowest BCUT2D eigenvalue weighted by Crippen LogP contribution is -2.43. The summed E-state index contributed by atoms with van der Waals surface area (Å²) in [5.41, 5.74) is 1.07. The van der Waals surface area contributed by atoms with Crippen molar-refractivity contribution in [1.29, 1.82) is 0 Å². The summed E-state index contributed by atoms with van der Waals surface area (Å²) in [6.45, 7) is 8.15. The molecule has 0 bridgehead atoms. The van der Waals surface area contributed by atoms with Crippen LogP contribution in [-0.2, 0) is 0 Å². The number of nitrogens with one attached hydrogen (secondary N) is 2. The molecule has 0 saturated heterocycles. The average molecular weight is 313 g/mol. The zero-order valence-corrected chi connectivity index (χ0v) is 12.9. The van der Waals surface area contributed by atoms with Crippen molar-refractivity contribution in [3.8, 4) is 0 Å². The number of amides is 2. The maximum absolute atomic E-state index is 11.8. The van der Waals surface area contributed by atoms with Gasteiger partial charge in [-0.05, 0) is 31.4 Å². The van der Waals surface area contributed by atoms with E-state index in [9.17, 15) is 4.79 Å². The van der Waals surface area contributed by atoms with Crippen LogP contribution >= 0.6 is 15.9 Å². The summed E-state index contributed by atoms with van der Waals surface area (Å²) in [4.78, 5) is 11.8. The predicted molar refractivity (Wildman–Crippen MR) is 78.5 cm³/mol. The lowest BCUT2D eigenvalue weighted by atomic mass is 10.1. The third kappa shape index (κ3) is 4.33. The van der Waals surface area contributed by atoms with E-state index in [1.807, 2.05) is 38.1 Å². The molecular weight excluding hydrogens is 292 g/mol. The van der Waals surface area contributed by atoms with Crippen LogP contribution < -0.4 is 10.6 Å². The number of urea groups is 1. The van der Waals surface area contributed by atoms with E-state index >= 15 is 0 Å². The van der Waals surface area contributed by atoms with Gasteiger partial charge in [-0.25, -0.2) is 4.79 Å². The van der Waals surface area contributed by atoms with E-state index in [2.05, 4.69) is 40.4 Å². The number of rotatable bonds is 4. The second-order valence-corrected chi connectivity index (χ2v) is 5.75. The molecule has 2 atom stereocenters. The molecule has 1 aromatic carbocycles. The smallest absolute Gasteiger partial charge is 0.315 e. The topological polar surface area (TPSA) is 41.1 Å². The van der Waals surface area contributed by atoms with E-state index < -0.39 is 0 Å². The Kier molecular flexibility index (Phi) is 5.66. The molecule has 0 aliphatic rings. The summed E-state index contributed by atoms with van der Waals surface area (Å²) in [5.74, 6) is 0.425. The molecule has 0 aromatic heterocycles. The molecule has 0 spiro atoms. The summed E-state index contributed by atoms with van der Waals surface area (Å²) < 4.78 is 1.01. The van der Waals surface area contributed by atoms with Crippen molar-refractivity contribution in [3.63, 3.8) is 0 Å². The molecule has 3 nitrogen and oxygen atoms in total. The van der Waals surface area contributed by atoms with Gasteiger partial charge in [-0.1, -0.05) is 48.0 Å². The standard InChI is InChI=1S/C14H21BrN2O/c1-9(2)10(3)16-14(18)17-11(4)12-7-5-6-8-13(12)15/h5-11H,1-4H3,(H2,16,17,18). The van der Waals surface area contributed by atoms with Gasteiger partial charge in [0.1, 0.15) is 0 Å². The first-order chi connectivity index (χ1) is 8.41. The molecule has 0 heterocycles. The summed E-state index contributed by atoms with van der Waals surface area (Å²) in [5, 5.41) is 5.88. The van der Waals surface area contributed by atoms with Crippen molar-refractivity contribution < 1.29 is 4.79 Å². The Hall–Kier alpha value is -1.03. The predicted octanol–water partition coefficient (Wildman–Crippen LogP) is 3.85. The van der Waals surface area contributed by atoms with Crippen LogP contribution in [0.3, 0.4) is 0 Å². The van der Waals surface area contributed by atoms with E-state index in [4.69, 9.17) is 0 Å². The summed E-state index contributed by atoms with van der Waals surface area (Å²) >= 11 is 3.49. The number of carbonyl (C=O) groups excluding carboxylic acids is 1. The fourth-order valence-corrected chi connectivity index (χ4v) is 2.14. The SMILES string of the molecule is CC(NC(=O)NC(C)C(C)C)c1ccccc1Br. The first-order valence-corrected chi connectivity index (χ1v) is 7.02. The van der Waals surface area contributed by atoms with Crippen LogP contribution in [0.4, 0.5) is 4.79 Å². The Morgan fingerprint density at radius 2 is 1.72 bits per heavy atom. The summed E-state index contributed by atoms with van der Waals surface area (Å²) in [6, 6.07) is 7.91. The molecule has 0 fully saturated rings. The molecule has 4 heteroatoms. The van der Waals surface area contributed by atoms with Crippen LogP contribution in [0.15, 0.2) is 28.7 Å². The minimum atomic E-state index is -0.126. The molecule has 0 saturated carbocycles. The van der Waals surface area contributed by atoms with Crippen molar-refractivity contribution in [2.45, 2.75) is 39.8 Å². The lowest BCUT2D eigenvalue weighted by molar-refractivity contribution is 0.231. The number of halogens is 1. The van der Waals surface area contributed by atoms with Crippen molar-refractivity contribution >= 4 is 22.0 Å². The minimum Gasteiger partial charge on any atom is -0.335 e. The highest BCUT2D eigenvalue weighted by Crippen LogP contribution is 2.22. The largest absolute Gasteiger partial charge is 0.335 e. The summed E-state index contributed by atoms with van der Waals surface area (Å²) in [6.07, 6.45) is 0. The molecule has 2 unspecified atom stereocenters. The quantitative estimate of drug-likeness (QED) is 0.871. The molecular formula is C14H21BrN2O. The number of hydrogen-bond donors (Lipinski definition) is 2. The fraction of sp³-hybridized carbons (Fsp3) is 0.500. The van der Waals surface area contributed by atoms with E-state index in [0.717, 1.165) is 10.0 Å². The maximum atomic E-state index is 11.8. The number of carbonyl (C=O) groups is 1. The van der Waals surface area contributed by atoms with Gasteiger partial charge in [-0.15, -0.1) is 0 Å². The van der Waals surface area contributed by atoms with Gasteiger partial charge >= 0.3 is 6.03 Å². The number of benzene rings is 1. The Morgan fingerprint density at radius 1 is 1.11 bits per heavy atom. The zero-order valence-electron chi connectivity index (χ0n) is 11.3. The van der Waals surface area contributed by atoms with Crippen LogP contribution in [0.25, 0.3) is 0 Å². The molecule has 100 valence electrons. The fourth-order valence-electron chi connectivity index (χ4n) is 1.52. The first kappa shape index (κ1) is 15.0. The van der Waals surface area contributed by atoms with Crippen molar-refractivity contribution in [2.24, 2.45) is 5.92 Å². The molecule has 1 rings (SSSR count). The molecule has 1 aromatic rings. The van der Waals surface area contributed by atoms with Gasteiger partial charge in [-0.3, -0.25) is 0 Å². The monoisotopic (exact) mass is 312 g/mol. The third-order valence-electron chi connectivity index (χ3n) is 3.08. The molecule has 0 aliphatic heterocycles. The van der Waals surface area contributed by atoms with Crippen LogP contribution in [0.5, 0.6) is 0 Å². The average Bonchev–Trinajstić information content (AvgIpc) is 2.28. The van der Waals surface area contributed by atoms with Gasteiger partial charge in [0.05, 0.1) is 6.04 Å². The highest BCUT2D eigenvalue weighted by Gasteiger charge is 2.14. The Bertz CT molecular complexity index is 407. The minimum absolute atomic E-state index is 0.0278. The van der Waals surface area contributed by atoms with Gasteiger partial charge in [0, 0.05) is 10.5 Å². The second kappa shape index (κ2) is 6.78. The number of hydrogen-bond acceptors (Lipinski definition) is 1. The molecule has 18 heavy (non-hydrogen) atoms. The summed E-state index contributed by atoms with van der Waals surface area (Å²) in [7, 11) is 0. The van der Waals surface area contributed by atoms with Crippen molar-refractivity contribution in [3.05, 3.63) is 34.3 Å². The highest BCUT2D eigenvalue weighted by molar-refractivity contribution is 9.10.